The molecule has 7 rings (SSSR count). The van der Waals surface area contributed by atoms with E-state index in [1.165, 1.54) is 14.0 Å². The van der Waals surface area contributed by atoms with E-state index in [0.717, 1.165) is 0 Å². The number of pyridine rings is 3. The van der Waals surface area contributed by atoms with Gasteiger partial charge in [0.2, 0.25) is 17.7 Å². The van der Waals surface area contributed by atoms with E-state index < -0.39 is 18.1 Å². The van der Waals surface area contributed by atoms with Crippen LogP contribution in [0.15, 0.2) is 73.2 Å². The number of fused-ring (bicyclic) bond motifs is 15. The first kappa shape index (κ1) is 30.0. The second kappa shape index (κ2) is 12.2. The molecule has 0 radical (unpaired) electrons. The molecule has 240 valence electrons. The topological polar surface area (TPSA) is 218 Å². The summed E-state index contributed by atoms with van der Waals surface area (Å²) in [6.45, 7) is 5.00. The zero-order chi connectivity index (χ0) is 33.4. The molecule has 3 N–H and O–H groups in total. The fourth-order valence-electron chi connectivity index (χ4n) is 4.74. The van der Waals surface area contributed by atoms with Crippen LogP contribution in [0.2, 0.25) is 0 Å². The van der Waals surface area contributed by atoms with Gasteiger partial charge in [0.1, 0.15) is 52.7 Å². The average molecular weight is 646 g/mol. The molecule has 12 bridgehead atoms. The van der Waals surface area contributed by atoms with Crippen LogP contribution >= 0.6 is 0 Å². The molecule has 1 aliphatic rings. The molecule has 3 amide bonds. The molecule has 0 saturated carbocycles. The smallest absolute Gasteiger partial charge is 0.250 e. The Kier molecular flexibility index (Phi) is 7.64. The SMILES string of the molecule is C[C@@H]1C(=O)Nc2cccc(n2)-c2cn(nn2)[C@H](C)C(=O)Nc2cccc(n2)-c2cn(nn2)[C@H](C)C(=O)Nc2cccc(n2)-c2cn1nn2. The fourth-order valence-corrected chi connectivity index (χ4v) is 4.74. The lowest BCUT2D eigenvalue weighted by atomic mass is 10.2. The van der Waals surface area contributed by atoms with E-state index in [1.54, 1.807) is 94.0 Å². The summed E-state index contributed by atoms with van der Waals surface area (Å²) in [7, 11) is 0. The summed E-state index contributed by atoms with van der Waals surface area (Å²) >= 11 is 0. The van der Waals surface area contributed by atoms with Gasteiger partial charge in [-0.3, -0.25) is 14.4 Å². The Bertz CT molecular complexity index is 1930. The quantitative estimate of drug-likeness (QED) is 0.217. The van der Waals surface area contributed by atoms with Gasteiger partial charge in [0, 0.05) is 0 Å². The van der Waals surface area contributed by atoms with Crippen LogP contribution < -0.4 is 16.0 Å². The van der Waals surface area contributed by atoms with E-state index in [-0.39, 0.29) is 35.2 Å². The molecule has 18 heteroatoms. The van der Waals surface area contributed by atoms with Crippen molar-refractivity contribution in [2.45, 2.75) is 38.9 Å². The lowest BCUT2D eigenvalue weighted by molar-refractivity contribution is -0.119. The Hall–Kier alpha value is -6.72. The third-order valence-electron chi connectivity index (χ3n) is 7.65. The summed E-state index contributed by atoms with van der Waals surface area (Å²) in [5.74, 6) is -0.315. The van der Waals surface area contributed by atoms with E-state index in [2.05, 4.69) is 61.8 Å². The van der Waals surface area contributed by atoms with Crippen molar-refractivity contribution in [2.24, 2.45) is 0 Å². The highest BCUT2D eigenvalue weighted by Crippen LogP contribution is 2.23. The maximum atomic E-state index is 13.2. The average Bonchev–Trinajstić information content (AvgIpc) is 3.89. The molecule has 0 aliphatic carbocycles. The molecule has 0 spiro atoms. The van der Waals surface area contributed by atoms with Gasteiger partial charge in [-0.15, -0.1) is 15.3 Å². The van der Waals surface area contributed by atoms with Crippen molar-refractivity contribution in [1.29, 1.82) is 0 Å². The maximum Gasteiger partial charge on any atom is 0.250 e. The molecule has 0 fully saturated rings. The van der Waals surface area contributed by atoms with Gasteiger partial charge in [-0.1, -0.05) is 33.8 Å². The van der Waals surface area contributed by atoms with Crippen LogP contribution in [0.25, 0.3) is 34.2 Å². The molecule has 18 nitrogen and oxygen atoms in total. The van der Waals surface area contributed by atoms with Gasteiger partial charge in [-0.2, -0.15) is 0 Å². The predicted octanol–water partition coefficient (Wildman–Crippen LogP) is 2.56. The Balaban J connectivity index is 1.23. The standard InChI is InChI=1S/C30H27N15O3/c1-16-28(46)34-25-10-4-8-20(31-25)23-14-44(41-38-23)18(3)30(48)36-27-12-6-9-21(33-27)24-15-45(42-39-24)17(2)29(47)35-26-11-5-7-19(32-26)22-13-43(16)40-37-22/h4-18H,1-3H3,(H,31,34,46)(H,32,35,47)(H,33,36,48)/t16-,17-,18-/m1/s1. The van der Waals surface area contributed by atoms with E-state index >= 15 is 0 Å². The van der Waals surface area contributed by atoms with E-state index in [9.17, 15) is 14.4 Å². The molecule has 1 aliphatic heterocycles. The van der Waals surface area contributed by atoms with Gasteiger partial charge >= 0.3 is 0 Å². The van der Waals surface area contributed by atoms with Gasteiger partial charge < -0.3 is 16.0 Å². The normalized spacial score (nSPS) is 18.3. The lowest BCUT2D eigenvalue weighted by Gasteiger charge is -2.12. The third-order valence-corrected chi connectivity index (χ3v) is 7.65. The van der Waals surface area contributed by atoms with Crippen molar-refractivity contribution in [2.75, 3.05) is 16.0 Å². The molecule has 0 aromatic carbocycles. The first-order valence-corrected chi connectivity index (χ1v) is 14.8. The van der Waals surface area contributed by atoms with Crippen molar-refractivity contribution < 1.29 is 14.4 Å². The molecular weight excluding hydrogens is 618 g/mol. The molecule has 6 aromatic heterocycles. The zero-order valence-corrected chi connectivity index (χ0v) is 25.8. The number of carbonyl (C=O) groups is 3. The molecular formula is C30H27N15O3. The van der Waals surface area contributed by atoms with Crippen LogP contribution in [0.3, 0.4) is 0 Å². The van der Waals surface area contributed by atoms with Gasteiger partial charge in [-0.25, -0.2) is 29.0 Å². The van der Waals surface area contributed by atoms with Gasteiger partial charge in [0.05, 0.1) is 35.7 Å². The van der Waals surface area contributed by atoms with Crippen molar-refractivity contribution >= 4 is 35.2 Å². The minimum Gasteiger partial charge on any atom is -0.309 e. The van der Waals surface area contributed by atoms with Crippen molar-refractivity contribution in [1.82, 2.24) is 59.9 Å². The number of nitrogens with one attached hydrogen (secondary N) is 3. The fraction of sp³-hybridized carbons (Fsp3) is 0.200. The molecule has 48 heavy (non-hydrogen) atoms. The van der Waals surface area contributed by atoms with Crippen LogP contribution in [-0.4, -0.2) is 77.7 Å². The number of rotatable bonds is 0. The number of anilines is 3. The van der Waals surface area contributed by atoms with Crippen LogP contribution in [-0.2, 0) is 14.4 Å². The molecule has 0 saturated heterocycles. The van der Waals surface area contributed by atoms with Crippen molar-refractivity contribution in [3.8, 4) is 34.2 Å². The molecule has 7 heterocycles. The highest BCUT2D eigenvalue weighted by molar-refractivity contribution is 5.94. The minimum absolute atomic E-state index is 0.285. The predicted molar refractivity (Wildman–Crippen MR) is 170 cm³/mol. The summed E-state index contributed by atoms with van der Waals surface area (Å²) in [6, 6.07) is 13.0. The molecule has 0 unspecified atom stereocenters. The second-order valence-corrected chi connectivity index (χ2v) is 11.0. The van der Waals surface area contributed by atoms with E-state index in [0.29, 0.717) is 34.2 Å². The first-order valence-electron chi connectivity index (χ1n) is 14.8. The van der Waals surface area contributed by atoms with Gasteiger partial charge in [0.25, 0.3) is 0 Å². The number of hydrogen-bond donors (Lipinski definition) is 3. The van der Waals surface area contributed by atoms with E-state index in [4.69, 9.17) is 0 Å². The monoisotopic (exact) mass is 645 g/mol. The van der Waals surface area contributed by atoms with Crippen LogP contribution in [0.4, 0.5) is 17.5 Å². The molecule has 6 aromatic rings. The van der Waals surface area contributed by atoms with E-state index in [1.807, 2.05) is 0 Å². The largest absolute Gasteiger partial charge is 0.309 e. The van der Waals surface area contributed by atoms with Crippen molar-refractivity contribution in [3.05, 3.63) is 73.2 Å². The number of hydrogen-bond acceptors (Lipinski definition) is 12. The van der Waals surface area contributed by atoms with Crippen LogP contribution in [0, 0.1) is 0 Å². The summed E-state index contributed by atoms with van der Waals surface area (Å²) in [6.07, 6.45) is 4.77. The Morgan fingerprint density at radius 1 is 0.458 bits per heavy atom. The van der Waals surface area contributed by atoms with Crippen LogP contribution in [0.5, 0.6) is 0 Å². The Morgan fingerprint density at radius 2 is 0.750 bits per heavy atom. The lowest BCUT2D eigenvalue weighted by Crippen LogP contribution is -2.24. The van der Waals surface area contributed by atoms with Crippen LogP contribution in [0.1, 0.15) is 38.9 Å². The number of aromatic nitrogens is 12. The minimum atomic E-state index is -0.759. The first-order chi connectivity index (χ1) is 23.2. The van der Waals surface area contributed by atoms with Gasteiger partial charge in [-0.05, 0) is 57.2 Å². The highest BCUT2D eigenvalue weighted by atomic mass is 16.2. The van der Waals surface area contributed by atoms with Gasteiger partial charge in [0.15, 0.2) is 0 Å². The Labute approximate surface area is 271 Å². The number of nitrogens with zero attached hydrogens (tertiary/aromatic N) is 12. The maximum absolute atomic E-state index is 13.2. The third kappa shape index (κ3) is 5.96. The summed E-state index contributed by atoms with van der Waals surface area (Å²) in [5, 5.41) is 33.3. The summed E-state index contributed by atoms with van der Waals surface area (Å²) in [5.41, 5.74) is 2.52. The second-order valence-electron chi connectivity index (χ2n) is 11.0. The number of carbonyl (C=O) groups excluding carboxylic acids is 3. The van der Waals surface area contributed by atoms with Crippen molar-refractivity contribution in [3.63, 3.8) is 0 Å². The highest BCUT2D eigenvalue weighted by Gasteiger charge is 2.22. The zero-order valence-electron chi connectivity index (χ0n) is 25.8. The number of amides is 3. The summed E-state index contributed by atoms with van der Waals surface area (Å²) in [4.78, 5) is 53.0. The summed E-state index contributed by atoms with van der Waals surface area (Å²) < 4.78 is 4.21. The Morgan fingerprint density at radius 3 is 1.04 bits per heavy atom. The molecule has 3 atom stereocenters.